The Morgan fingerprint density at radius 1 is 1.32 bits per heavy atom. The Balaban J connectivity index is 1.90. The molecule has 4 atom stereocenters. The van der Waals surface area contributed by atoms with E-state index in [0.717, 1.165) is 0 Å². The summed E-state index contributed by atoms with van der Waals surface area (Å²) >= 11 is 0. The molecule has 0 aliphatic carbocycles. The number of hydrogen-bond acceptors (Lipinski definition) is 8. The topological polar surface area (TPSA) is 151 Å². The molecule has 11 nitrogen and oxygen atoms in total. The lowest BCUT2D eigenvalue weighted by Gasteiger charge is -2.16. The van der Waals surface area contributed by atoms with E-state index in [1.807, 2.05) is 0 Å². The summed E-state index contributed by atoms with van der Waals surface area (Å²) in [5, 5.41) is 36.5. The van der Waals surface area contributed by atoms with Gasteiger partial charge in [0.15, 0.2) is 17.4 Å². The van der Waals surface area contributed by atoms with Gasteiger partial charge in [-0.15, -0.1) is 10.2 Å². The molecule has 1 saturated heterocycles. The van der Waals surface area contributed by atoms with Gasteiger partial charge in [0.05, 0.1) is 12.9 Å². The van der Waals surface area contributed by atoms with E-state index in [1.165, 1.54) is 21.6 Å². The molecule has 1 fully saturated rings. The lowest BCUT2D eigenvalue weighted by Crippen LogP contribution is -2.33. The third-order valence-corrected chi connectivity index (χ3v) is 3.79. The SMILES string of the molecule is O=c1[nH]c2c(ncn2[C@@H]2O[C@H](CO)[C@@H](O)[C@H]2O)c2nncn12. The van der Waals surface area contributed by atoms with Crippen LogP contribution in [0.3, 0.4) is 0 Å². The molecule has 0 radical (unpaired) electrons. The lowest BCUT2D eigenvalue weighted by molar-refractivity contribution is -0.0511. The third-order valence-electron chi connectivity index (χ3n) is 3.79. The number of imidazole rings is 1. The monoisotopic (exact) mass is 308 g/mol. The van der Waals surface area contributed by atoms with Crippen molar-refractivity contribution in [2.24, 2.45) is 0 Å². The van der Waals surface area contributed by atoms with Gasteiger partial charge in [-0.2, -0.15) is 0 Å². The van der Waals surface area contributed by atoms with Crippen LogP contribution in [0.15, 0.2) is 17.4 Å². The van der Waals surface area contributed by atoms with Gasteiger partial charge in [0.2, 0.25) is 0 Å². The summed E-state index contributed by atoms with van der Waals surface area (Å²) in [5.74, 6) is 0. The Bertz CT molecular complexity index is 899. The predicted octanol–water partition coefficient (Wildman–Crippen LogP) is -2.62. The number of aromatic amines is 1. The van der Waals surface area contributed by atoms with Gasteiger partial charge in [0.1, 0.15) is 30.3 Å². The second-order valence-electron chi connectivity index (χ2n) is 5.03. The van der Waals surface area contributed by atoms with E-state index >= 15 is 0 Å². The number of aliphatic hydroxyl groups is 3. The van der Waals surface area contributed by atoms with Crippen LogP contribution in [0.5, 0.6) is 0 Å². The molecule has 4 heterocycles. The van der Waals surface area contributed by atoms with E-state index in [0.29, 0.717) is 5.52 Å². The first-order chi connectivity index (χ1) is 10.6. The summed E-state index contributed by atoms with van der Waals surface area (Å²) in [6.45, 7) is -0.438. The van der Waals surface area contributed by atoms with Crippen molar-refractivity contribution < 1.29 is 20.1 Å². The summed E-state index contributed by atoms with van der Waals surface area (Å²) in [7, 11) is 0. The van der Waals surface area contributed by atoms with E-state index < -0.39 is 36.8 Å². The van der Waals surface area contributed by atoms with E-state index in [9.17, 15) is 15.0 Å². The highest BCUT2D eigenvalue weighted by Crippen LogP contribution is 2.31. The molecular weight excluding hydrogens is 296 g/mol. The number of fused-ring (bicyclic) bond motifs is 3. The largest absolute Gasteiger partial charge is 0.394 e. The van der Waals surface area contributed by atoms with Crippen LogP contribution < -0.4 is 5.69 Å². The van der Waals surface area contributed by atoms with Crippen LogP contribution in [0, 0.1) is 0 Å². The minimum Gasteiger partial charge on any atom is -0.394 e. The van der Waals surface area contributed by atoms with Crippen LogP contribution in [0.4, 0.5) is 0 Å². The van der Waals surface area contributed by atoms with Crippen LogP contribution in [0.2, 0.25) is 0 Å². The van der Waals surface area contributed by atoms with Crippen molar-refractivity contribution in [3.8, 4) is 0 Å². The lowest BCUT2D eigenvalue weighted by atomic mass is 10.1. The van der Waals surface area contributed by atoms with Crippen molar-refractivity contribution in [3.63, 3.8) is 0 Å². The minimum absolute atomic E-state index is 0.268. The molecule has 1 aliphatic rings. The zero-order valence-corrected chi connectivity index (χ0v) is 11.1. The molecule has 3 aromatic heterocycles. The van der Waals surface area contributed by atoms with Gasteiger partial charge in [0, 0.05) is 0 Å². The Labute approximate surface area is 121 Å². The summed E-state index contributed by atoms with van der Waals surface area (Å²) < 4.78 is 8.02. The van der Waals surface area contributed by atoms with Crippen LogP contribution in [-0.2, 0) is 4.74 Å². The summed E-state index contributed by atoms with van der Waals surface area (Å²) in [6, 6.07) is 0. The molecule has 3 aromatic rings. The van der Waals surface area contributed by atoms with Crippen LogP contribution >= 0.6 is 0 Å². The summed E-state index contributed by atoms with van der Waals surface area (Å²) in [6.07, 6.45) is -1.79. The van der Waals surface area contributed by atoms with Crippen LogP contribution in [-0.4, -0.2) is 69.4 Å². The highest BCUT2D eigenvalue weighted by Gasteiger charge is 2.43. The van der Waals surface area contributed by atoms with E-state index in [2.05, 4.69) is 20.2 Å². The molecule has 1 aliphatic heterocycles. The van der Waals surface area contributed by atoms with Crippen molar-refractivity contribution in [1.82, 2.24) is 29.1 Å². The number of rotatable bonds is 2. The molecule has 11 heteroatoms. The molecule has 0 spiro atoms. The highest BCUT2D eigenvalue weighted by atomic mass is 16.6. The molecule has 0 unspecified atom stereocenters. The Hall–Kier alpha value is -2.34. The fourth-order valence-electron chi connectivity index (χ4n) is 2.66. The Morgan fingerprint density at radius 3 is 2.86 bits per heavy atom. The summed E-state index contributed by atoms with van der Waals surface area (Å²) in [4.78, 5) is 18.7. The van der Waals surface area contributed by atoms with E-state index in [-0.39, 0.29) is 11.3 Å². The van der Waals surface area contributed by atoms with E-state index in [4.69, 9.17) is 9.84 Å². The van der Waals surface area contributed by atoms with Crippen molar-refractivity contribution in [3.05, 3.63) is 23.1 Å². The van der Waals surface area contributed by atoms with Gasteiger partial charge < -0.3 is 20.1 Å². The number of H-pyrrole nitrogens is 1. The first-order valence-corrected chi connectivity index (χ1v) is 6.53. The third kappa shape index (κ3) is 1.64. The standard InChI is InChI=1S/C11H12N6O5/c18-1-4-6(19)7(20)10(22-4)16-2-12-5-8(16)14-11(21)17-3-13-15-9(5)17/h2-4,6-7,10,18-20H,1H2,(H,14,21)/t4-,6-,7-,10-/m1/s1. The number of ether oxygens (including phenoxy) is 1. The maximum atomic E-state index is 12.0. The van der Waals surface area contributed by atoms with Gasteiger partial charge in [-0.25, -0.2) is 14.2 Å². The van der Waals surface area contributed by atoms with Gasteiger partial charge in [-0.3, -0.25) is 9.55 Å². The molecule has 4 rings (SSSR count). The first kappa shape index (κ1) is 13.3. The number of hydrogen-bond donors (Lipinski definition) is 4. The molecule has 116 valence electrons. The van der Waals surface area contributed by atoms with Crippen LogP contribution in [0.1, 0.15) is 6.23 Å². The average Bonchev–Trinajstić information content (AvgIpc) is 3.19. The van der Waals surface area contributed by atoms with Gasteiger partial charge in [-0.1, -0.05) is 0 Å². The Kier molecular flexibility index (Phi) is 2.77. The number of nitrogens with one attached hydrogen (secondary N) is 1. The maximum Gasteiger partial charge on any atom is 0.334 e. The smallest absolute Gasteiger partial charge is 0.334 e. The molecule has 0 bridgehead atoms. The normalized spacial score (nSPS) is 28.9. The fraction of sp³-hybridized carbons (Fsp3) is 0.455. The first-order valence-electron chi connectivity index (χ1n) is 6.53. The number of nitrogens with zero attached hydrogens (tertiary/aromatic N) is 5. The second-order valence-corrected chi connectivity index (χ2v) is 5.03. The average molecular weight is 308 g/mol. The quantitative estimate of drug-likeness (QED) is 0.401. The fourth-order valence-corrected chi connectivity index (χ4v) is 2.66. The van der Waals surface area contributed by atoms with Crippen molar-refractivity contribution in [2.75, 3.05) is 6.61 Å². The molecule has 22 heavy (non-hydrogen) atoms. The van der Waals surface area contributed by atoms with Gasteiger partial charge in [0.25, 0.3) is 0 Å². The zero-order chi connectivity index (χ0) is 15.4. The van der Waals surface area contributed by atoms with Crippen LogP contribution in [0.25, 0.3) is 16.8 Å². The maximum absolute atomic E-state index is 12.0. The zero-order valence-electron chi connectivity index (χ0n) is 11.1. The summed E-state index contributed by atoms with van der Waals surface area (Å²) in [5.41, 5.74) is 0.445. The number of aliphatic hydroxyl groups excluding tert-OH is 3. The highest BCUT2D eigenvalue weighted by molar-refractivity contribution is 5.84. The van der Waals surface area contributed by atoms with Crippen molar-refractivity contribution in [2.45, 2.75) is 24.5 Å². The molecule has 4 N–H and O–H groups in total. The van der Waals surface area contributed by atoms with Crippen molar-refractivity contribution >= 4 is 16.8 Å². The van der Waals surface area contributed by atoms with Gasteiger partial charge in [-0.05, 0) is 0 Å². The number of aromatic nitrogens is 6. The molecule has 0 saturated carbocycles. The Morgan fingerprint density at radius 2 is 2.14 bits per heavy atom. The molecule has 0 aromatic carbocycles. The van der Waals surface area contributed by atoms with Crippen molar-refractivity contribution in [1.29, 1.82) is 0 Å². The predicted molar refractivity (Wildman–Crippen MR) is 69.9 cm³/mol. The molecule has 0 amide bonds. The van der Waals surface area contributed by atoms with Gasteiger partial charge >= 0.3 is 5.69 Å². The second kappa shape index (κ2) is 4.58. The van der Waals surface area contributed by atoms with E-state index in [1.54, 1.807) is 0 Å². The molecular formula is C11H12N6O5. The minimum atomic E-state index is -1.27.